The molecule has 0 radical (unpaired) electrons. The quantitative estimate of drug-likeness (QED) is 0.858. The lowest BCUT2D eigenvalue weighted by Gasteiger charge is -2.32. The van der Waals surface area contributed by atoms with Crippen molar-refractivity contribution >= 4 is 5.91 Å². The van der Waals surface area contributed by atoms with Gasteiger partial charge in [-0.1, -0.05) is 49.4 Å². The van der Waals surface area contributed by atoms with Gasteiger partial charge in [0.15, 0.2) is 0 Å². The van der Waals surface area contributed by atoms with Crippen LogP contribution in [0.2, 0.25) is 0 Å². The van der Waals surface area contributed by atoms with Gasteiger partial charge in [-0.05, 0) is 36.1 Å². The lowest BCUT2D eigenvalue weighted by Crippen LogP contribution is -2.37. The standard InChI is InChI=1S/C22H28N2O2/c1-3-12-23-22(25)21-7-5-4-6-20(21)19-10-8-18(9-11-19)17(2)24-13-15-26-16-14-24/h4-11,17H,3,12-16H2,1-2H3,(H,23,25)/t17-/m0/s1. The smallest absolute Gasteiger partial charge is 0.251 e. The van der Waals surface area contributed by atoms with Gasteiger partial charge < -0.3 is 10.1 Å². The van der Waals surface area contributed by atoms with E-state index in [0.717, 1.165) is 49.4 Å². The SMILES string of the molecule is CCCNC(=O)c1ccccc1-c1ccc([C@H](C)N2CCOCC2)cc1. The molecule has 1 saturated heterocycles. The summed E-state index contributed by atoms with van der Waals surface area (Å²) in [5.41, 5.74) is 4.08. The zero-order chi connectivity index (χ0) is 18.4. The number of nitrogens with one attached hydrogen (secondary N) is 1. The Bertz CT molecular complexity index is 721. The Labute approximate surface area is 156 Å². The van der Waals surface area contributed by atoms with E-state index < -0.39 is 0 Å². The molecular formula is C22H28N2O2. The van der Waals surface area contributed by atoms with Gasteiger partial charge >= 0.3 is 0 Å². The summed E-state index contributed by atoms with van der Waals surface area (Å²) in [4.78, 5) is 14.9. The predicted octanol–water partition coefficient (Wildman–Crippen LogP) is 3.89. The van der Waals surface area contributed by atoms with Crippen molar-refractivity contribution in [2.75, 3.05) is 32.8 Å². The van der Waals surface area contributed by atoms with E-state index in [9.17, 15) is 4.79 Å². The van der Waals surface area contributed by atoms with E-state index in [4.69, 9.17) is 4.74 Å². The monoisotopic (exact) mass is 352 g/mol. The molecule has 0 saturated carbocycles. The van der Waals surface area contributed by atoms with Crippen molar-refractivity contribution in [1.82, 2.24) is 10.2 Å². The van der Waals surface area contributed by atoms with Gasteiger partial charge in [0.1, 0.15) is 0 Å². The Balaban J connectivity index is 1.79. The summed E-state index contributed by atoms with van der Waals surface area (Å²) in [6.07, 6.45) is 0.933. The maximum Gasteiger partial charge on any atom is 0.251 e. The molecule has 1 heterocycles. The first-order valence-electron chi connectivity index (χ1n) is 9.50. The Morgan fingerprint density at radius 3 is 2.50 bits per heavy atom. The van der Waals surface area contributed by atoms with E-state index in [1.807, 2.05) is 24.3 Å². The summed E-state index contributed by atoms with van der Waals surface area (Å²) < 4.78 is 5.45. The van der Waals surface area contributed by atoms with Crippen molar-refractivity contribution < 1.29 is 9.53 Å². The second kappa shape index (κ2) is 8.97. The molecule has 0 bridgehead atoms. The molecule has 26 heavy (non-hydrogen) atoms. The van der Waals surface area contributed by atoms with Crippen LogP contribution in [0.4, 0.5) is 0 Å². The molecule has 1 aliphatic heterocycles. The highest BCUT2D eigenvalue weighted by Crippen LogP contribution is 2.27. The molecule has 4 heteroatoms. The summed E-state index contributed by atoms with van der Waals surface area (Å²) >= 11 is 0. The Morgan fingerprint density at radius 2 is 1.81 bits per heavy atom. The van der Waals surface area contributed by atoms with Crippen molar-refractivity contribution in [3.63, 3.8) is 0 Å². The van der Waals surface area contributed by atoms with E-state index in [0.29, 0.717) is 12.6 Å². The molecular weight excluding hydrogens is 324 g/mol. The van der Waals surface area contributed by atoms with Crippen LogP contribution in [0.15, 0.2) is 48.5 Å². The first-order valence-corrected chi connectivity index (χ1v) is 9.50. The molecule has 0 aliphatic carbocycles. The average Bonchev–Trinajstić information content (AvgIpc) is 2.72. The van der Waals surface area contributed by atoms with Crippen molar-refractivity contribution in [3.8, 4) is 11.1 Å². The second-order valence-corrected chi connectivity index (χ2v) is 6.75. The van der Waals surface area contributed by atoms with Crippen LogP contribution >= 0.6 is 0 Å². The van der Waals surface area contributed by atoms with E-state index in [1.54, 1.807) is 0 Å². The van der Waals surface area contributed by atoms with Gasteiger partial charge in [-0.3, -0.25) is 9.69 Å². The fourth-order valence-corrected chi connectivity index (χ4v) is 3.38. The lowest BCUT2D eigenvalue weighted by atomic mass is 9.96. The highest BCUT2D eigenvalue weighted by atomic mass is 16.5. The van der Waals surface area contributed by atoms with E-state index in [2.05, 4.69) is 48.3 Å². The molecule has 2 aromatic rings. The number of benzene rings is 2. The molecule has 2 aromatic carbocycles. The van der Waals surface area contributed by atoms with Crippen molar-refractivity contribution in [2.45, 2.75) is 26.3 Å². The van der Waals surface area contributed by atoms with Crippen LogP contribution in [0.1, 0.15) is 42.2 Å². The summed E-state index contributed by atoms with van der Waals surface area (Å²) in [6, 6.07) is 16.8. The van der Waals surface area contributed by atoms with Gasteiger partial charge in [-0.25, -0.2) is 0 Å². The van der Waals surface area contributed by atoms with Crippen molar-refractivity contribution in [2.24, 2.45) is 0 Å². The first-order chi connectivity index (χ1) is 12.7. The number of hydrogen-bond donors (Lipinski definition) is 1. The maximum absolute atomic E-state index is 12.4. The molecule has 138 valence electrons. The third kappa shape index (κ3) is 4.32. The maximum atomic E-state index is 12.4. The fraction of sp³-hybridized carbons (Fsp3) is 0.409. The van der Waals surface area contributed by atoms with Crippen LogP contribution in [0, 0.1) is 0 Å². The topological polar surface area (TPSA) is 41.6 Å². The van der Waals surface area contributed by atoms with Gasteiger partial charge in [0.05, 0.1) is 13.2 Å². The number of ether oxygens (including phenoxy) is 1. The fourth-order valence-electron chi connectivity index (χ4n) is 3.38. The molecule has 1 atom stereocenters. The Morgan fingerprint density at radius 1 is 1.12 bits per heavy atom. The van der Waals surface area contributed by atoms with Crippen LogP contribution in [0.25, 0.3) is 11.1 Å². The van der Waals surface area contributed by atoms with Crippen molar-refractivity contribution in [1.29, 1.82) is 0 Å². The second-order valence-electron chi connectivity index (χ2n) is 6.75. The number of amides is 1. The predicted molar refractivity (Wildman–Crippen MR) is 105 cm³/mol. The zero-order valence-electron chi connectivity index (χ0n) is 15.7. The van der Waals surface area contributed by atoms with Crippen LogP contribution in [0.3, 0.4) is 0 Å². The summed E-state index contributed by atoms with van der Waals surface area (Å²) in [5, 5.41) is 2.97. The number of morpholine rings is 1. The van der Waals surface area contributed by atoms with Gasteiger partial charge in [0.2, 0.25) is 0 Å². The van der Waals surface area contributed by atoms with Gasteiger partial charge in [-0.15, -0.1) is 0 Å². The van der Waals surface area contributed by atoms with E-state index in [1.165, 1.54) is 5.56 Å². The van der Waals surface area contributed by atoms with E-state index >= 15 is 0 Å². The third-order valence-corrected chi connectivity index (χ3v) is 5.00. The van der Waals surface area contributed by atoms with E-state index in [-0.39, 0.29) is 5.91 Å². The largest absolute Gasteiger partial charge is 0.379 e. The molecule has 1 N–H and O–H groups in total. The third-order valence-electron chi connectivity index (χ3n) is 5.00. The summed E-state index contributed by atoms with van der Waals surface area (Å²) in [7, 11) is 0. The minimum absolute atomic E-state index is 0.00629. The molecule has 3 rings (SSSR count). The normalized spacial score (nSPS) is 16.2. The molecule has 0 spiro atoms. The van der Waals surface area contributed by atoms with Crippen LogP contribution in [-0.2, 0) is 4.74 Å². The lowest BCUT2D eigenvalue weighted by molar-refractivity contribution is 0.0198. The van der Waals surface area contributed by atoms with Crippen LogP contribution in [0.5, 0.6) is 0 Å². The minimum Gasteiger partial charge on any atom is -0.379 e. The highest BCUT2D eigenvalue weighted by molar-refractivity contribution is 6.00. The molecule has 0 aromatic heterocycles. The molecule has 4 nitrogen and oxygen atoms in total. The Hall–Kier alpha value is -2.17. The van der Waals surface area contributed by atoms with Crippen molar-refractivity contribution in [3.05, 3.63) is 59.7 Å². The zero-order valence-corrected chi connectivity index (χ0v) is 15.7. The Kier molecular flexibility index (Phi) is 6.42. The number of nitrogens with zero attached hydrogens (tertiary/aromatic N) is 1. The van der Waals surface area contributed by atoms with Crippen LogP contribution in [-0.4, -0.2) is 43.7 Å². The highest BCUT2D eigenvalue weighted by Gasteiger charge is 2.19. The molecule has 1 amide bonds. The minimum atomic E-state index is -0.00629. The van der Waals surface area contributed by atoms with Gasteiger partial charge in [0.25, 0.3) is 5.91 Å². The number of carbonyl (C=O) groups excluding carboxylic acids is 1. The van der Waals surface area contributed by atoms with Gasteiger partial charge in [0, 0.05) is 31.2 Å². The summed E-state index contributed by atoms with van der Waals surface area (Å²) in [6.45, 7) is 8.56. The summed E-state index contributed by atoms with van der Waals surface area (Å²) in [5.74, 6) is -0.00629. The number of carbonyl (C=O) groups is 1. The van der Waals surface area contributed by atoms with Gasteiger partial charge in [-0.2, -0.15) is 0 Å². The molecule has 1 aliphatic rings. The average molecular weight is 352 g/mol. The van der Waals surface area contributed by atoms with Crippen LogP contribution < -0.4 is 5.32 Å². The first kappa shape index (κ1) is 18.6. The number of rotatable bonds is 6. The molecule has 0 unspecified atom stereocenters. The molecule has 1 fully saturated rings. The number of hydrogen-bond acceptors (Lipinski definition) is 3.